The van der Waals surface area contributed by atoms with Gasteiger partial charge in [0, 0.05) is 17.4 Å². The van der Waals surface area contributed by atoms with Gasteiger partial charge in [-0.1, -0.05) is 45.4 Å². The van der Waals surface area contributed by atoms with Gasteiger partial charge in [0.15, 0.2) is 5.78 Å². The van der Waals surface area contributed by atoms with Crippen molar-refractivity contribution in [3.63, 3.8) is 0 Å². The second-order valence-corrected chi connectivity index (χ2v) is 7.29. The van der Waals surface area contributed by atoms with Crippen LogP contribution in [-0.4, -0.2) is 30.0 Å². The highest BCUT2D eigenvalue weighted by Crippen LogP contribution is 2.30. The Labute approximate surface area is 173 Å². The van der Waals surface area contributed by atoms with Crippen molar-refractivity contribution < 1.29 is 13.9 Å². The van der Waals surface area contributed by atoms with Crippen LogP contribution in [0.4, 0.5) is 0 Å². The standard InChI is InChI=1S/C25H31NO3/c1-5-8-12-23-24(21-11-9-10-13-22(21)29-23)25(27)19-14-16-20(17-15-19)28-18(4)26(6-2)7-3/h9-11,13-18H,5-8,12H2,1-4H3. The number of aryl methyl sites for hydroxylation is 1. The van der Waals surface area contributed by atoms with Crippen LogP contribution in [0, 0.1) is 0 Å². The Hall–Kier alpha value is -2.59. The average molecular weight is 394 g/mol. The van der Waals surface area contributed by atoms with Gasteiger partial charge in [0.25, 0.3) is 0 Å². The number of fused-ring (bicyclic) bond motifs is 1. The molecular weight excluding hydrogens is 362 g/mol. The van der Waals surface area contributed by atoms with Gasteiger partial charge >= 0.3 is 0 Å². The third-order valence-electron chi connectivity index (χ3n) is 5.40. The topological polar surface area (TPSA) is 42.7 Å². The minimum Gasteiger partial charge on any atom is -0.475 e. The summed E-state index contributed by atoms with van der Waals surface area (Å²) in [6.07, 6.45) is 2.82. The van der Waals surface area contributed by atoms with Gasteiger partial charge in [-0.3, -0.25) is 9.69 Å². The van der Waals surface area contributed by atoms with E-state index in [1.165, 1.54) is 0 Å². The molecule has 1 atom stereocenters. The maximum atomic E-state index is 13.3. The molecule has 0 radical (unpaired) electrons. The van der Waals surface area contributed by atoms with Crippen molar-refractivity contribution in [3.05, 3.63) is 65.4 Å². The molecule has 3 aromatic rings. The van der Waals surface area contributed by atoms with Crippen LogP contribution in [0.25, 0.3) is 11.0 Å². The third kappa shape index (κ3) is 4.70. The van der Waals surface area contributed by atoms with E-state index in [-0.39, 0.29) is 12.0 Å². The lowest BCUT2D eigenvalue weighted by molar-refractivity contribution is 0.0481. The van der Waals surface area contributed by atoms with Gasteiger partial charge in [-0.25, -0.2) is 0 Å². The Balaban J connectivity index is 1.85. The largest absolute Gasteiger partial charge is 0.475 e. The van der Waals surface area contributed by atoms with E-state index in [9.17, 15) is 4.79 Å². The predicted octanol–water partition coefficient (Wildman–Crippen LogP) is 6.07. The van der Waals surface area contributed by atoms with E-state index in [1.54, 1.807) is 0 Å². The van der Waals surface area contributed by atoms with Crippen molar-refractivity contribution in [3.8, 4) is 5.75 Å². The monoisotopic (exact) mass is 393 g/mol. The quantitative estimate of drug-likeness (QED) is 0.309. The maximum absolute atomic E-state index is 13.3. The second kappa shape index (κ2) is 9.75. The Morgan fingerprint density at radius 3 is 2.38 bits per heavy atom. The summed E-state index contributed by atoms with van der Waals surface area (Å²) in [5.41, 5.74) is 2.12. The van der Waals surface area contributed by atoms with Gasteiger partial charge in [0.05, 0.1) is 5.56 Å². The summed E-state index contributed by atoms with van der Waals surface area (Å²) in [5.74, 6) is 1.56. The molecule has 4 heteroatoms. The molecule has 3 rings (SSSR count). The first-order valence-electron chi connectivity index (χ1n) is 10.6. The van der Waals surface area contributed by atoms with E-state index in [1.807, 2.05) is 55.5 Å². The highest BCUT2D eigenvalue weighted by Gasteiger charge is 2.21. The molecule has 0 amide bonds. The van der Waals surface area contributed by atoms with E-state index < -0.39 is 0 Å². The fourth-order valence-electron chi connectivity index (χ4n) is 3.70. The van der Waals surface area contributed by atoms with Crippen molar-refractivity contribution in [2.45, 2.75) is 53.2 Å². The molecule has 1 unspecified atom stereocenters. The summed E-state index contributed by atoms with van der Waals surface area (Å²) in [6.45, 7) is 10.3. The number of ether oxygens (including phenoxy) is 1. The molecule has 0 saturated carbocycles. The molecule has 0 spiro atoms. The van der Waals surface area contributed by atoms with E-state index in [2.05, 4.69) is 25.7 Å². The molecule has 0 aliphatic carbocycles. The summed E-state index contributed by atoms with van der Waals surface area (Å²) in [5, 5.41) is 0.888. The van der Waals surface area contributed by atoms with Gasteiger partial charge < -0.3 is 9.15 Å². The van der Waals surface area contributed by atoms with Crippen molar-refractivity contribution in [1.82, 2.24) is 4.90 Å². The summed E-state index contributed by atoms with van der Waals surface area (Å²) in [6, 6.07) is 15.2. The molecule has 0 bridgehead atoms. The fourth-order valence-corrected chi connectivity index (χ4v) is 3.70. The predicted molar refractivity (Wildman–Crippen MR) is 118 cm³/mol. The van der Waals surface area contributed by atoms with Crippen molar-refractivity contribution >= 4 is 16.8 Å². The van der Waals surface area contributed by atoms with Gasteiger partial charge in [0.1, 0.15) is 23.3 Å². The van der Waals surface area contributed by atoms with Gasteiger partial charge in [-0.15, -0.1) is 0 Å². The number of hydrogen-bond acceptors (Lipinski definition) is 4. The summed E-state index contributed by atoms with van der Waals surface area (Å²) in [4.78, 5) is 15.6. The molecule has 0 aliphatic rings. The van der Waals surface area contributed by atoms with Crippen LogP contribution in [-0.2, 0) is 6.42 Å². The molecule has 0 saturated heterocycles. The number of rotatable bonds is 10. The molecule has 0 aliphatic heterocycles. The van der Waals surface area contributed by atoms with Crippen LogP contribution in [0.3, 0.4) is 0 Å². The molecule has 29 heavy (non-hydrogen) atoms. The number of carbonyl (C=O) groups is 1. The first-order chi connectivity index (χ1) is 14.1. The van der Waals surface area contributed by atoms with Crippen molar-refractivity contribution in [2.75, 3.05) is 13.1 Å². The Morgan fingerprint density at radius 1 is 1.03 bits per heavy atom. The number of hydrogen-bond donors (Lipinski definition) is 0. The second-order valence-electron chi connectivity index (χ2n) is 7.29. The molecule has 154 valence electrons. The molecule has 1 heterocycles. The molecule has 0 fully saturated rings. The average Bonchev–Trinajstić information content (AvgIpc) is 3.11. The highest BCUT2D eigenvalue weighted by molar-refractivity contribution is 6.16. The van der Waals surface area contributed by atoms with Gasteiger partial charge in [0.2, 0.25) is 0 Å². The Morgan fingerprint density at radius 2 is 1.72 bits per heavy atom. The summed E-state index contributed by atoms with van der Waals surface area (Å²) < 4.78 is 12.0. The van der Waals surface area contributed by atoms with Gasteiger partial charge in [-0.05, 0) is 56.8 Å². The lowest BCUT2D eigenvalue weighted by Crippen LogP contribution is -2.36. The first-order valence-corrected chi connectivity index (χ1v) is 10.6. The lowest BCUT2D eigenvalue weighted by atomic mass is 9.98. The van der Waals surface area contributed by atoms with Crippen LogP contribution >= 0.6 is 0 Å². The smallest absolute Gasteiger partial charge is 0.197 e. The van der Waals surface area contributed by atoms with E-state index in [0.717, 1.165) is 54.8 Å². The number of benzene rings is 2. The Bertz CT molecular complexity index is 938. The molecular formula is C25H31NO3. The maximum Gasteiger partial charge on any atom is 0.197 e. The van der Waals surface area contributed by atoms with E-state index >= 15 is 0 Å². The number of para-hydroxylation sites is 1. The first kappa shape index (κ1) is 21.1. The zero-order valence-electron chi connectivity index (χ0n) is 17.9. The lowest BCUT2D eigenvalue weighted by Gasteiger charge is -2.26. The van der Waals surface area contributed by atoms with Crippen molar-refractivity contribution in [2.24, 2.45) is 0 Å². The highest BCUT2D eigenvalue weighted by atomic mass is 16.5. The SMILES string of the molecule is CCCCc1oc2ccccc2c1C(=O)c1ccc(OC(C)N(CC)CC)cc1. The number of nitrogens with zero attached hydrogens (tertiary/aromatic N) is 1. The Kier molecular flexibility index (Phi) is 7.10. The number of unbranched alkanes of at least 4 members (excludes halogenated alkanes) is 1. The van der Waals surface area contributed by atoms with Crippen LogP contribution in [0.2, 0.25) is 0 Å². The minimum atomic E-state index is -0.00925. The third-order valence-corrected chi connectivity index (χ3v) is 5.40. The van der Waals surface area contributed by atoms with E-state index in [4.69, 9.17) is 9.15 Å². The van der Waals surface area contributed by atoms with Crippen LogP contribution in [0.5, 0.6) is 5.75 Å². The number of furan rings is 1. The number of ketones is 1. The van der Waals surface area contributed by atoms with Gasteiger partial charge in [-0.2, -0.15) is 0 Å². The number of carbonyl (C=O) groups excluding carboxylic acids is 1. The normalized spacial score (nSPS) is 12.4. The van der Waals surface area contributed by atoms with Crippen LogP contribution < -0.4 is 4.74 Å². The van der Waals surface area contributed by atoms with Crippen molar-refractivity contribution in [1.29, 1.82) is 0 Å². The summed E-state index contributed by atoms with van der Waals surface area (Å²) >= 11 is 0. The zero-order valence-corrected chi connectivity index (χ0v) is 17.9. The molecule has 1 aromatic heterocycles. The zero-order chi connectivity index (χ0) is 20.8. The molecule has 4 nitrogen and oxygen atoms in total. The summed E-state index contributed by atoms with van der Waals surface area (Å²) in [7, 11) is 0. The van der Waals surface area contributed by atoms with Crippen LogP contribution in [0.15, 0.2) is 52.9 Å². The molecule has 0 N–H and O–H groups in total. The van der Waals surface area contributed by atoms with Crippen LogP contribution in [0.1, 0.15) is 62.2 Å². The minimum absolute atomic E-state index is 0.00407. The molecule has 2 aromatic carbocycles. The fraction of sp³-hybridized carbons (Fsp3) is 0.400. The van der Waals surface area contributed by atoms with E-state index in [0.29, 0.717) is 11.1 Å².